The molecule has 0 fully saturated rings. The first kappa shape index (κ1) is 31.4. The van der Waals surface area contributed by atoms with Crippen molar-refractivity contribution in [2.45, 2.75) is 72.4 Å². The van der Waals surface area contributed by atoms with E-state index in [4.69, 9.17) is 16.3 Å². The molecule has 3 rings (SSSR count). The van der Waals surface area contributed by atoms with Gasteiger partial charge < -0.3 is 19.9 Å². The van der Waals surface area contributed by atoms with Crippen LogP contribution in [-0.4, -0.2) is 59.9 Å². The normalized spacial score (nSPS) is 16.3. The predicted molar refractivity (Wildman–Crippen MR) is 159 cm³/mol. The van der Waals surface area contributed by atoms with Crippen molar-refractivity contribution in [1.29, 1.82) is 0 Å². The van der Waals surface area contributed by atoms with Crippen LogP contribution in [0, 0.1) is 0 Å². The summed E-state index contributed by atoms with van der Waals surface area (Å²) in [6.07, 6.45) is 2.09. The fourth-order valence-electron chi connectivity index (χ4n) is 5.17. The van der Waals surface area contributed by atoms with E-state index < -0.39 is 11.9 Å². The molecule has 1 aliphatic rings. The van der Waals surface area contributed by atoms with Crippen LogP contribution in [0.25, 0.3) is 0 Å². The highest BCUT2D eigenvalue weighted by Crippen LogP contribution is 2.38. The third kappa shape index (κ3) is 8.18. The predicted octanol–water partition coefficient (Wildman–Crippen LogP) is 5.93. The summed E-state index contributed by atoms with van der Waals surface area (Å²) in [5.41, 5.74) is 3.28. The molecule has 0 aromatic heterocycles. The SMILES string of the molecule is CCOC(=O)C1=C(C)N(Cc2ccc(C(=O)NC(C)CCCN(CC)CC)cc2)C(=O)CC1c1cccc(Cl)c1. The summed E-state index contributed by atoms with van der Waals surface area (Å²) < 4.78 is 5.37. The second-order valence-electron chi connectivity index (χ2n) is 10.3. The van der Waals surface area contributed by atoms with E-state index in [1.54, 1.807) is 43.0 Å². The highest BCUT2D eigenvalue weighted by atomic mass is 35.5. The second-order valence-corrected chi connectivity index (χ2v) is 10.7. The number of benzene rings is 2. The molecule has 0 bridgehead atoms. The van der Waals surface area contributed by atoms with Crippen LogP contribution in [0.4, 0.5) is 0 Å². The van der Waals surface area contributed by atoms with Gasteiger partial charge in [0.1, 0.15) is 0 Å². The molecule has 2 aromatic carbocycles. The summed E-state index contributed by atoms with van der Waals surface area (Å²) in [7, 11) is 0. The molecule has 0 spiro atoms. The minimum atomic E-state index is -0.430. The quantitative estimate of drug-likeness (QED) is 0.303. The standard InChI is InChI=1S/C32H42ClN3O4/c1-6-35(7-2)18-10-11-22(4)34-31(38)25-16-14-24(15-17-25)21-36-23(5)30(32(39)40-8-3)28(20-29(36)37)26-12-9-13-27(33)19-26/h9,12-17,19,22,28H,6-8,10-11,18,20-21H2,1-5H3,(H,34,38). The number of hydrogen-bond donors (Lipinski definition) is 1. The van der Waals surface area contributed by atoms with E-state index in [2.05, 4.69) is 24.1 Å². The van der Waals surface area contributed by atoms with Crippen molar-refractivity contribution >= 4 is 29.4 Å². The van der Waals surface area contributed by atoms with E-state index in [0.29, 0.717) is 28.4 Å². The molecule has 0 radical (unpaired) electrons. The largest absolute Gasteiger partial charge is 0.463 e. The van der Waals surface area contributed by atoms with Gasteiger partial charge in [-0.05, 0) is 88.6 Å². The molecule has 1 heterocycles. The molecule has 7 nitrogen and oxygen atoms in total. The number of rotatable bonds is 13. The minimum absolute atomic E-state index is 0.0789. The topological polar surface area (TPSA) is 79.0 Å². The zero-order valence-corrected chi connectivity index (χ0v) is 25.1. The van der Waals surface area contributed by atoms with Crippen LogP contribution in [0.1, 0.15) is 81.3 Å². The maximum atomic E-state index is 13.3. The Kier molecular flexibility index (Phi) is 11.8. The Labute approximate surface area is 243 Å². The summed E-state index contributed by atoms with van der Waals surface area (Å²) in [4.78, 5) is 43.1. The first-order valence-electron chi connectivity index (χ1n) is 14.2. The van der Waals surface area contributed by atoms with Crippen LogP contribution < -0.4 is 5.32 Å². The van der Waals surface area contributed by atoms with Crippen molar-refractivity contribution in [2.75, 3.05) is 26.2 Å². The van der Waals surface area contributed by atoms with Crippen molar-refractivity contribution in [3.63, 3.8) is 0 Å². The molecule has 40 heavy (non-hydrogen) atoms. The number of halogens is 1. The van der Waals surface area contributed by atoms with E-state index in [-0.39, 0.29) is 30.9 Å². The van der Waals surface area contributed by atoms with Crippen LogP contribution in [0.15, 0.2) is 59.8 Å². The Balaban J connectivity index is 1.71. The molecule has 0 saturated heterocycles. The van der Waals surface area contributed by atoms with Gasteiger partial charge in [0.05, 0.1) is 18.7 Å². The lowest BCUT2D eigenvalue weighted by Crippen LogP contribution is -2.38. The first-order valence-corrected chi connectivity index (χ1v) is 14.6. The number of ether oxygens (including phenoxy) is 1. The van der Waals surface area contributed by atoms with Crippen LogP contribution >= 0.6 is 11.6 Å². The van der Waals surface area contributed by atoms with Gasteiger partial charge in [-0.2, -0.15) is 0 Å². The number of amides is 2. The van der Waals surface area contributed by atoms with Crippen molar-refractivity contribution in [2.24, 2.45) is 0 Å². The molecule has 0 aliphatic carbocycles. The number of allylic oxidation sites excluding steroid dienone is 1. The first-order chi connectivity index (χ1) is 19.2. The van der Waals surface area contributed by atoms with Gasteiger partial charge in [0, 0.05) is 34.7 Å². The lowest BCUT2D eigenvalue weighted by Gasteiger charge is -2.34. The third-order valence-electron chi connectivity index (χ3n) is 7.51. The van der Waals surface area contributed by atoms with Gasteiger partial charge in [0.15, 0.2) is 0 Å². The summed E-state index contributed by atoms with van der Waals surface area (Å²) >= 11 is 6.21. The molecular formula is C32H42ClN3O4. The third-order valence-corrected chi connectivity index (χ3v) is 7.74. The van der Waals surface area contributed by atoms with Crippen LogP contribution in [0.5, 0.6) is 0 Å². The zero-order valence-electron chi connectivity index (χ0n) is 24.3. The highest BCUT2D eigenvalue weighted by molar-refractivity contribution is 6.30. The maximum absolute atomic E-state index is 13.3. The van der Waals surface area contributed by atoms with Crippen LogP contribution in [-0.2, 0) is 20.9 Å². The molecule has 2 amide bonds. The molecule has 1 aliphatic heterocycles. The number of nitrogens with one attached hydrogen (secondary N) is 1. The van der Waals surface area contributed by atoms with E-state index in [1.165, 1.54) is 0 Å². The second kappa shape index (κ2) is 15.0. The summed E-state index contributed by atoms with van der Waals surface area (Å²) in [6.45, 7) is 13.5. The van der Waals surface area contributed by atoms with Crippen LogP contribution in [0.2, 0.25) is 5.02 Å². The molecule has 2 aromatic rings. The van der Waals surface area contributed by atoms with Gasteiger partial charge in [0.25, 0.3) is 5.91 Å². The number of esters is 1. The van der Waals surface area contributed by atoms with Gasteiger partial charge in [-0.15, -0.1) is 0 Å². The average Bonchev–Trinajstić information content (AvgIpc) is 2.93. The fourth-order valence-corrected chi connectivity index (χ4v) is 5.37. The Hall–Kier alpha value is -3.16. The Morgan fingerprint density at radius 1 is 1.12 bits per heavy atom. The monoisotopic (exact) mass is 567 g/mol. The molecule has 216 valence electrons. The Bertz CT molecular complexity index is 1210. The van der Waals surface area contributed by atoms with E-state index in [9.17, 15) is 14.4 Å². The molecule has 2 unspecified atom stereocenters. The highest BCUT2D eigenvalue weighted by Gasteiger charge is 2.37. The summed E-state index contributed by atoms with van der Waals surface area (Å²) in [5.74, 6) is -1.06. The lowest BCUT2D eigenvalue weighted by molar-refractivity contribution is -0.140. The van der Waals surface area contributed by atoms with Crippen molar-refractivity contribution in [3.05, 3.63) is 81.5 Å². The molecule has 0 saturated carbocycles. The van der Waals surface area contributed by atoms with E-state index in [1.807, 2.05) is 31.2 Å². The van der Waals surface area contributed by atoms with Crippen molar-refractivity contribution in [3.8, 4) is 0 Å². The Morgan fingerprint density at radius 2 is 1.82 bits per heavy atom. The van der Waals surface area contributed by atoms with Crippen LogP contribution in [0.3, 0.4) is 0 Å². The van der Waals surface area contributed by atoms with Crippen molar-refractivity contribution in [1.82, 2.24) is 15.1 Å². The molecule has 1 N–H and O–H groups in total. The smallest absolute Gasteiger partial charge is 0.336 e. The molecular weight excluding hydrogens is 526 g/mol. The van der Waals surface area contributed by atoms with Gasteiger partial charge in [-0.3, -0.25) is 9.59 Å². The minimum Gasteiger partial charge on any atom is -0.463 e. The molecule has 2 atom stereocenters. The number of hydrogen-bond acceptors (Lipinski definition) is 5. The van der Waals surface area contributed by atoms with Crippen molar-refractivity contribution < 1.29 is 19.1 Å². The van der Waals surface area contributed by atoms with Gasteiger partial charge in [-0.25, -0.2) is 4.79 Å². The number of carbonyl (C=O) groups excluding carboxylic acids is 3. The Morgan fingerprint density at radius 3 is 2.45 bits per heavy atom. The van der Waals surface area contributed by atoms with Gasteiger partial charge in [0.2, 0.25) is 5.91 Å². The fraction of sp³-hybridized carbons (Fsp3) is 0.469. The maximum Gasteiger partial charge on any atom is 0.336 e. The summed E-state index contributed by atoms with van der Waals surface area (Å²) in [6, 6.07) is 14.6. The number of carbonyl (C=O) groups is 3. The summed E-state index contributed by atoms with van der Waals surface area (Å²) in [5, 5.41) is 3.63. The zero-order chi connectivity index (χ0) is 29.2. The van der Waals surface area contributed by atoms with E-state index in [0.717, 1.165) is 43.6 Å². The van der Waals surface area contributed by atoms with Gasteiger partial charge in [-0.1, -0.05) is 49.7 Å². The van der Waals surface area contributed by atoms with E-state index >= 15 is 0 Å². The average molecular weight is 568 g/mol. The molecule has 8 heteroatoms. The van der Waals surface area contributed by atoms with Gasteiger partial charge >= 0.3 is 5.97 Å². The number of nitrogens with zero attached hydrogens (tertiary/aromatic N) is 2. The lowest BCUT2D eigenvalue weighted by atomic mass is 9.83.